The Bertz CT molecular complexity index is 741. The SMILES string of the molecule is CCCOc1ccccc1C(=O)Nc1ccc(C(=O)NC(C)CC)cc1. The predicted molar refractivity (Wildman–Crippen MR) is 104 cm³/mol. The molecule has 2 aromatic rings. The van der Waals surface area contributed by atoms with E-state index >= 15 is 0 Å². The second kappa shape index (κ2) is 9.61. The molecule has 2 N–H and O–H groups in total. The molecule has 2 aromatic carbocycles. The maximum Gasteiger partial charge on any atom is 0.259 e. The number of amides is 2. The van der Waals surface area contributed by atoms with Gasteiger partial charge in [-0.1, -0.05) is 26.0 Å². The number of para-hydroxylation sites is 1. The summed E-state index contributed by atoms with van der Waals surface area (Å²) in [7, 11) is 0. The second-order valence-electron chi connectivity index (χ2n) is 6.16. The fourth-order valence-corrected chi connectivity index (χ4v) is 2.30. The summed E-state index contributed by atoms with van der Waals surface area (Å²) in [5, 5.41) is 5.76. The van der Waals surface area contributed by atoms with Crippen LogP contribution in [0.5, 0.6) is 5.75 Å². The average Bonchev–Trinajstić information content (AvgIpc) is 2.66. The molecular formula is C21H26N2O3. The molecule has 5 heteroatoms. The summed E-state index contributed by atoms with van der Waals surface area (Å²) in [5.41, 5.74) is 1.68. The number of anilines is 1. The molecule has 0 aromatic heterocycles. The molecule has 0 aliphatic heterocycles. The van der Waals surface area contributed by atoms with Gasteiger partial charge in [-0.05, 0) is 56.2 Å². The lowest BCUT2D eigenvalue weighted by molar-refractivity contribution is 0.0938. The maximum atomic E-state index is 12.5. The van der Waals surface area contributed by atoms with Crippen molar-refractivity contribution < 1.29 is 14.3 Å². The molecule has 138 valence electrons. The zero-order valence-corrected chi connectivity index (χ0v) is 15.5. The van der Waals surface area contributed by atoms with Gasteiger partial charge in [0.1, 0.15) is 5.75 Å². The molecule has 1 unspecified atom stereocenters. The summed E-state index contributed by atoms with van der Waals surface area (Å²) in [5.74, 6) is 0.209. The van der Waals surface area contributed by atoms with Crippen molar-refractivity contribution in [1.29, 1.82) is 0 Å². The minimum atomic E-state index is -0.242. The van der Waals surface area contributed by atoms with Crippen LogP contribution in [-0.2, 0) is 0 Å². The topological polar surface area (TPSA) is 67.4 Å². The van der Waals surface area contributed by atoms with Crippen LogP contribution in [0.2, 0.25) is 0 Å². The van der Waals surface area contributed by atoms with Gasteiger partial charge in [0, 0.05) is 17.3 Å². The minimum Gasteiger partial charge on any atom is -0.493 e. The van der Waals surface area contributed by atoms with Gasteiger partial charge in [0.05, 0.1) is 12.2 Å². The lowest BCUT2D eigenvalue weighted by Gasteiger charge is -2.13. The van der Waals surface area contributed by atoms with Gasteiger partial charge in [0.15, 0.2) is 0 Å². The van der Waals surface area contributed by atoms with E-state index in [0.29, 0.717) is 29.2 Å². The van der Waals surface area contributed by atoms with Crippen LogP contribution in [0.1, 0.15) is 54.3 Å². The van der Waals surface area contributed by atoms with Gasteiger partial charge in [0.2, 0.25) is 0 Å². The molecule has 1 atom stereocenters. The summed E-state index contributed by atoms with van der Waals surface area (Å²) in [6.07, 6.45) is 1.75. The van der Waals surface area contributed by atoms with Crippen molar-refractivity contribution in [3.63, 3.8) is 0 Å². The van der Waals surface area contributed by atoms with E-state index in [4.69, 9.17) is 4.74 Å². The first-order valence-corrected chi connectivity index (χ1v) is 8.99. The Hall–Kier alpha value is -2.82. The van der Waals surface area contributed by atoms with Gasteiger partial charge in [-0.25, -0.2) is 0 Å². The van der Waals surface area contributed by atoms with Crippen LogP contribution >= 0.6 is 0 Å². The molecule has 26 heavy (non-hydrogen) atoms. The summed E-state index contributed by atoms with van der Waals surface area (Å²) in [6.45, 7) is 6.56. The molecule has 0 fully saturated rings. The number of rotatable bonds is 8. The number of carbonyl (C=O) groups excluding carboxylic acids is 2. The number of carbonyl (C=O) groups is 2. The molecule has 0 saturated heterocycles. The van der Waals surface area contributed by atoms with Crippen molar-refractivity contribution >= 4 is 17.5 Å². The first kappa shape index (κ1) is 19.5. The fourth-order valence-electron chi connectivity index (χ4n) is 2.30. The predicted octanol–water partition coefficient (Wildman–Crippen LogP) is 4.26. The second-order valence-corrected chi connectivity index (χ2v) is 6.16. The van der Waals surface area contributed by atoms with Crippen molar-refractivity contribution in [3.8, 4) is 5.75 Å². The molecule has 0 spiro atoms. The minimum absolute atomic E-state index is 0.115. The number of hydrogen-bond donors (Lipinski definition) is 2. The highest BCUT2D eigenvalue weighted by molar-refractivity contribution is 6.06. The maximum absolute atomic E-state index is 12.5. The molecule has 0 radical (unpaired) electrons. The fraction of sp³-hybridized carbons (Fsp3) is 0.333. The Balaban J connectivity index is 2.05. The zero-order valence-electron chi connectivity index (χ0n) is 15.5. The standard InChI is InChI=1S/C21H26N2O3/c1-4-14-26-19-9-7-6-8-18(19)21(25)23-17-12-10-16(11-13-17)20(24)22-15(3)5-2/h6-13,15H,4-5,14H2,1-3H3,(H,22,24)(H,23,25). The van der Waals surface area contributed by atoms with Crippen molar-refractivity contribution in [2.24, 2.45) is 0 Å². The lowest BCUT2D eigenvalue weighted by Crippen LogP contribution is -2.31. The number of ether oxygens (including phenoxy) is 1. The van der Waals surface area contributed by atoms with E-state index in [1.807, 2.05) is 26.8 Å². The number of benzene rings is 2. The Kier molecular flexibility index (Phi) is 7.21. The van der Waals surface area contributed by atoms with Crippen LogP contribution in [0, 0.1) is 0 Å². The van der Waals surface area contributed by atoms with E-state index in [9.17, 15) is 9.59 Å². The average molecular weight is 354 g/mol. The first-order valence-electron chi connectivity index (χ1n) is 8.99. The quantitative estimate of drug-likeness (QED) is 0.744. The molecule has 0 heterocycles. The normalized spacial score (nSPS) is 11.5. The van der Waals surface area contributed by atoms with Crippen molar-refractivity contribution in [3.05, 3.63) is 59.7 Å². The molecule has 2 rings (SSSR count). The van der Waals surface area contributed by atoms with E-state index < -0.39 is 0 Å². The highest BCUT2D eigenvalue weighted by Gasteiger charge is 2.13. The molecule has 0 bridgehead atoms. The third-order valence-electron chi connectivity index (χ3n) is 3.99. The lowest BCUT2D eigenvalue weighted by atomic mass is 10.1. The molecular weight excluding hydrogens is 328 g/mol. The van der Waals surface area contributed by atoms with Crippen molar-refractivity contribution in [2.75, 3.05) is 11.9 Å². The summed E-state index contributed by atoms with van der Waals surface area (Å²) >= 11 is 0. The van der Waals surface area contributed by atoms with Crippen LogP contribution in [0.25, 0.3) is 0 Å². The van der Waals surface area contributed by atoms with E-state index in [1.165, 1.54) is 0 Å². The Labute approximate surface area is 154 Å². The van der Waals surface area contributed by atoms with Crippen LogP contribution in [0.3, 0.4) is 0 Å². The van der Waals surface area contributed by atoms with Gasteiger partial charge < -0.3 is 15.4 Å². The number of hydrogen-bond acceptors (Lipinski definition) is 3. The van der Waals surface area contributed by atoms with E-state index in [-0.39, 0.29) is 17.9 Å². The molecule has 0 saturated carbocycles. The van der Waals surface area contributed by atoms with Gasteiger partial charge in [0.25, 0.3) is 11.8 Å². The molecule has 2 amide bonds. The Morgan fingerprint density at radius 2 is 1.69 bits per heavy atom. The largest absolute Gasteiger partial charge is 0.493 e. The van der Waals surface area contributed by atoms with E-state index in [0.717, 1.165) is 12.8 Å². The highest BCUT2D eigenvalue weighted by atomic mass is 16.5. The molecule has 0 aliphatic rings. The summed E-state index contributed by atoms with van der Waals surface area (Å²) < 4.78 is 5.63. The van der Waals surface area contributed by atoms with Gasteiger partial charge >= 0.3 is 0 Å². The third kappa shape index (κ3) is 5.34. The monoisotopic (exact) mass is 354 g/mol. The summed E-state index contributed by atoms with van der Waals surface area (Å²) in [6, 6.07) is 14.1. The van der Waals surface area contributed by atoms with Crippen molar-refractivity contribution in [2.45, 2.75) is 39.7 Å². The van der Waals surface area contributed by atoms with E-state index in [2.05, 4.69) is 10.6 Å². The number of nitrogens with one attached hydrogen (secondary N) is 2. The van der Waals surface area contributed by atoms with Crippen LogP contribution in [0.15, 0.2) is 48.5 Å². The first-order chi connectivity index (χ1) is 12.5. The van der Waals surface area contributed by atoms with Gasteiger partial charge in [-0.15, -0.1) is 0 Å². The third-order valence-corrected chi connectivity index (χ3v) is 3.99. The molecule has 5 nitrogen and oxygen atoms in total. The van der Waals surface area contributed by atoms with Crippen LogP contribution < -0.4 is 15.4 Å². The Morgan fingerprint density at radius 1 is 1.00 bits per heavy atom. The Morgan fingerprint density at radius 3 is 2.35 bits per heavy atom. The van der Waals surface area contributed by atoms with Crippen LogP contribution in [0.4, 0.5) is 5.69 Å². The highest BCUT2D eigenvalue weighted by Crippen LogP contribution is 2.20. The molecule has 0 aliphatic carbocycles. The zero-order chi connectivity index (χ0) is 18.9. The van der Waals surface area contributed by atoms with Crippen LogP contribution in [-0.4, -0.2) is 24.5 Å². The van der Waals surface area contributed by atoms with Gasteiger partial charge in [-0.3, -0.25) is 9.59 Å². The van der Waals surface area contributed by atoms with Gasteiger partial charge in [-0.2, -0.15) is 0 Å². The summed E-state index contributed by atoms with van der Waals surface area (Å²) in [4.78, 5) is 24.6. The van der Waals surface area contributed by atoms with E-state index in [1.54, 1.807) is 42.5 Å². The smallest absolute Gasteiger partial charge is 0.259 e. The van der Waals surface area contributed by atoms with Crippen molar-refractivity contribution in [1.82, 2.24) is 5.32 Å².